The van der Waals surface area contributed by atoms with E-state index in [0.29, 0.717) is 28.7 Å². The molecule has 1 aliphatic rings. The Morgan fingerprint density at radius 3 is 2.63 bits per heavy atom. The van der Waals surface area contributed by atoms with Crippen LogP contribution in [-0.4, -0.2) is 43.3 Å². The summed E-state index contributed by atoms with van der Waals surface area (Å²) in [6.45, 7) is 0. The van der Waals surface area contributed by atoms with Crippen LogP contribution in [0.25, 0.3) is 11.1 Å². The van der Waals surface area contributed by atoms with Crippen LogP contribution in [0.2, 0.25) is 0 Å². The van der Waals surface area contributed by atoms with E-state index in [2.05, 4.69) is 4.98 Å². The molecule has 3 rings (SSSR count). The molecule has 0 N–H and O–H groups in total. The van der Waals surface area contributed by atoms with E-state index in [9.17, 15) is 18.4 Å². The molecule has 1 aromatic heterocycles. The highest BCUT2D eigenvalue weighted by atomic mass is 19.3. The first-order chi connectivity index (χ1) is 12.9. The number of amides is 1. The monoisotopic (exact) mass is 374 g/mol. The Hall–Kier alpha value is -2.83. The zero-order chi connectivity index (χ0) is 19.7. The standard InChI is InChI=1S/C20H20F2N2O3/c1-24(2)20(26)16-7-14(16)11-4-5-12(10-25)13(6-11)15-8-17(19(21)22)23-9-18(15)27-3/h4-6,8-10,14,16,19H,7H2,1-3H3. The number of nitrogens with zero attached hydrogens (tertiary/aromatic N) is 2. The number of pyridine rings is 1. The van der Waals surface area contributed by atoms with Crippen molar-refractivity contribution in [2.45, 2.75) is 18.8 Å². The Labute approximate surface area is 156 Å². The summed E-state index contributed by atoms with van der Waals surface area (Å²) in [6, 6.07) is 6.48. The minimum absolute atomic E-state index is 0.0572. The van der Waals surface area contributed by atoms with E-state index in [0.717, 1.165) is 12.0 Å². The minimum atomic E-state index is -2.73. The number of halogens is 2. The van der Waals surface area contributed by atoms with Gasteiger partial charge in [-0.1, -0.05) is 12.1 Å². The number of hydrogen-bond donors (Lipinski definition) is 0. The van der Waals surface area contributed by atoms with Gasteiger partial charge in [-0.15, -0.1) is 0 Å². The van der Waals surface area contributed by atoms with Gasteiger partial charge in [-0.25, -0.2) is 8.78 Å². The summed E-state index contributed by atoms with van der Waals surface area (Å²) >= 11 is 0. The first kappa shape index (κ1) is 18.9. The number of carbonyl (C=O) groups excluding carboxylic acids is 2. The van der Waals surface area contributed by atoms with Crippen LogP contribution in [0.4, 0.5) is 8.78 Å². The lowest BCUT2D eigenvalue weighted by atomic mass is 9.95. The van der Waals surface area contributed by atoms with Gasteiger partial charge in [-0.2, -0.15) is 0 Å². The maximum absolute atomic E-state index is 13.1. The van der Waals surface area contributed by atoms with Gasteiger partial charge in [-0.3, -0.25) is 14.6 Å². The molecule has 2 atom stereocenters. The van der Waals surface area contributed by atoms with E-state index in [1.165, 1.54) is 19.4 Å². The number of benzene rings is 1. The van der Waals surface area contributed by atoms with E-state index in [-0.39, 0.29) is 23.4 Å². The SMILES string of the molecule is COc1cnc(C(F)F)cc1-c1cc(C2CC2C(=O)N(C)C)ccc1C=O. The van der Waals surface area contributed by atoms with Gasteiger partial charge >= 0.3 is 0 Å². The van der Waals surface area contributed by atoms with Crippen molar-refractivity contribution in [3.63, 3.8) is 0 Å². The fraction of sp³-hybridized carbons (Fsp3) is 0.350. The zero-order valence-corrected chi connectivity index (χ0v) is 15.3. The van der Waals surface area contributed by atoms with E-state index in [1.54, 1.807) is 31.1 Å². The number of aldehydes is 1. The normalized spacial score (nSPS) is 18.3. The highest BCUT2D eigenvalue weighted by molar-refractivity contribution is 5.90. The Bertz CT molecular complexity index is 884. The van der Waals surface area contributed by atoms with Gasteiger partial charge in [0.15, 0.2) is 6.29 Å². The molecule has 7 heteroatoms. The van der Waals surface area contributed by atoms with Crippen molar-refractivity contribution >= 4 is 12.2 Å². The largest absolute Gasteiger partial charge is 0.494 e. The molecular formula is C20H20F2N2O3. The second-order valence-corrected chi connectivity index (χ2v) is 6.76. The van der Waals surface area contributed by atoms with Gasteiger partial charge in [0.25, 0.3) is 6.43 Å². The molecule has 1 aliphatic carbocycles. The summed E-state index contributed by atoms with van der Waals surface area (Å²) < 4.78 is 31.5. The smallest absolute Gasteiger partial charge is 0.280 e. The molecule has 142 valence electrons. The number of carbonyl (C=O) groups is 2. The van der Waals surface area contributed by atoms with Gasteiger partial charge in [-0.05, 0) is 35.6 Å². The molecule has 27 heavy (non-hydrogen) atoms. The highest BCUT2D eigenvalue weighted by Crippen LogP contribution is 2.49. The summed E-state index contributed by atoms with van der Waals surface area (Å²) in [6.07, 6.45) is -0.0978. The average molecular weight is 374 g/mol. The number of rotatable bonds is 6. The molecule has 0 aliphatic heterocycles. The van der Waals surface area contributed by atoms with Gasteiger partial charge < -0.3 is 9.64 Å². The second kappa shape index (κ2) is 7.42. The second-order valence-electron chi connectivity index (χ2n) is 6.76. The zero-order valence-electron chi connectivity index (χ0n) is 15.3. The van der Waals surface area contributed by atoms with Crippen LogP contribution >= 0.6 is 0 Å². The van der Waals surface area contributed by atoms with Gasteiger partial charge in [0.05, 0.1) is 13.3 Å². The predicted octanol–water partition coefficient (Wildman–Crippen LogP) is 3.70. The summed E-state index contributed by atoms with van der Waals surface area (Å²) in [7, 11) is 4.85. The number of ether oxygens (including phenoxy) is 1. The lowest BCUT2D eigenvalue weighted by Gasteiger charge is -2.14. The molecule has 1 fully saturated rings. The molecule has 1 amide bonds. The molecular weight excluding hydrogens is 354 g/mol. The van der Waals surface area contributed by atoms with Crippen LogP contribution < -0.4 is 4.74 Å². The molecule has 1 heterocycles. The quantitative estimate of drug-likeness (QED) is 0.724. The molecule has 0 bridgehead atoms. The summed E-state index contributed by atoms with van der Waals surface area (Å²) in [5, 5.41) is 0. The summed E-state index contributed by atoms with van der Waals surface area (Å²) in [5.74, 6) is 0.325. The van der Waals surface area contributed by atoms with Crippen molar-refractivity contribution in [1.29, 1.82) is 0 Å². The maximum atomic E-state index is 13.1. The molecule has 5 nitrogen and oxygen atoms in total. The third-order valence-corrected chi connectivity index (χ3v) is 4.80. The van der Waals surface area contributed by atoms with Crippen molar-refractivity contribution in [2.75, 3.05) is 21.2 Å². The van der Waals surface area contributed by atoms with Crippen LogP contribution in [0.15, 0.2) is 30.5 Å². The van der Waals surface area contributed by atoms with Crippen LogP contribution in [-0.2, 0) is 4.79 Å². The van der Waals surface area contributed by atoms with Crippen LogP contribution in [0, 0.1) is 5.92 Å². The van der Waals surface area contributed by atoms with Crippen molar-refractivity contribution in [3.8, 4) is 16.9 Å². The maximum Gasteiger partial charge on any atom is 0.280 e. The van der Waals surface area contributed by atoms with Crippen molar-refractivity contribution in [1.82, 2.24) is 9.88 Å². The summed E-state index contributed by atoms with van der Waals surface area (Å²) in [4.78, 5) is 28.9. The Balaban J connectivity index is 2.05. The van der Waals surface area contributed by atoms with Crippen molar-refractivity contribution in [2.24, 2.45) is 5.92 Å². The first-order valence-electron chi connectivity index (χ1n) is 8.50. The molecule has 2 unspecified atom stereocenters. The van der Waals surface area contributed by atoms with Crippen molar-refractivity contribution < 1.29 is 23.1 Å². The van der Waals surface area contributed by atoms with Crippen LogP contribution in [0.5, 0.6) is 5.75 Å². The highest BCUT2D eigenvalue weighted by Gasteiger charge is 2.44. The van der Waals surface area contributed by atoms with Crippen molar-refractivity contribution in [3.05, 3.63) is 47.3 Å². The Morgan fingerprint density at radius 1 is 1.30 bits per heavy atom. The molecule has 0 saturated heterocycles. The Morgan fingerprint density at radius 2 is 2.04 bits per heavy atom. The molecule has 1 saturated carbocycles. The molecule has 2 aromatic rings. The third kappa shape index (κ3) is 3.67. The predicted molar refractivity (Wildman–Crippen MR) is 96.1 cm³/mol. The number of aromatic nitrogens is 1. The van der Waals surface area contributed by atoms with Crippen LogP contribution in [0.3, 0.4) is 0 Å². The number of methoxy groups -OCH3 is 1. The minimum Gasteiger partial charge on any atom is -0.494 e. The third-order valence-electron chi connectivity index (χ3n) is 4.80. The van der Waals surface area contributed by atoms with E-state index in [1.807, 2.05) is 6.07 Å². The van der Waals surface area contributed by atoms with Gasteiger partial charge in [0.2, 0.25) is 5.91 Å². The Kier molecular flexibility index (Phi) is 5.21. The van der Waals surface area contributed by atoms with E-state index >= 15 is 0 Å². The molecule has 0 spiro atoms. The van der Waals surface area contributed by atoms with Gasteiger partial charge in [0, 0.05) is 31.1 Å². The van der Waals surface area contributed by atoms with E-state index in [4.69, 9.17) is 4.74 Å². The fourth-order valence-electron chi connectivity index (χ4n) is 3.26. The fourth-order valence-corrected chi connectivity index (χ4v) is 3.26. The van der Waals surface area contributed by atoms with Crippen LogP contribution in [0.1, 0.15) is 40.4 Å². The number of hydrogen-bond acceptors (Lipinski definition) is 4. The lowest BCUT2D eigenvalue weighted by molar-refractivity contribution is -0.130. The van der Waals surface area contributed by atoms with E-state index < -0.39 is 6.43 Å². The first-order valence-corrected chi connectivity index (χ1v) is 8.50. The van der Waals surface area contributed by atoms with Gasteiger partial charge in [0.1, 0.15) is 11.4 Å². The average Bonchev–Trinajstić information content (AvgIpc) is 3.46. The lowest BCUT2D eigenvalue weighted by Crippen LogP contribution is -2.23. The molecule has 1 aromatic carbocycles. The topological polar surface area (TPSA) is 59.5 Å². The number of alkyl halides is 2. The summed E-state index contributed by atoms with van der Waals surface area (Å²) in [5.41, 5.74) is 1.74. The molecule has 0 radical (unpaired) electrons.